The molecule has 2 aromatic heterocycles. The van der Waals surface area contributed by atoms with Gasteiger partial charge < -0.3 is 10.1 Å². The standard InChI is InChI=1S/C26H19ClFN3O/c1-17-7-5-12-23-30-25(24-21(27)10-6-11-22(24)28)26(31(17)23)29-18-13-15-20(16-14-18)32-19-8-3-2-4-9-19/h2-16,29H,1H3. The van der Waals surface area contributed by atoms with E-state index in [9.17, 15) is 4.39 Å². The van der Waals surface area contributed by atoms with Crippen LogP contribution in [0.3, 0.4) is 0 Å². The van der Waals surface area contributed by atoms with Gasteiger partial charge in [-0.05, 0) is 67.6 Å². The Bertz CT molecular complexity index is 1380. The van der Waals surface area contributed by atoms with E-state index >= 15 is 0 Å². The number of imidazole rings is 1. The molecular weight excluding hydrogens is 425 g/mol. The third-order valence-corrected chi connectivity index (χ3v) is 5.45. The molecule has 0 atom stereocenters. The Morgan fingerprint density at radius 2 is 1.56 bits per heavy atom. The summed E-state index contributed by atoms with van der Waals surface area (Å²) in [6.07, 6.45) is 0. The number of anilines is 2. The van der Waals surface area contributed by atoms with Crippen LogP contribution in [0.2, 0.25) is 5.02 Å². The molecular formula is C26H19ClFN3O. The van der Waals surface area contributed by atoms with Crippen molar-refractivity contribution in [2.24, 2.45) is 0 Å². The van der Waals surface area contributed by atoms with Gasteiger partial charge in [-0.25, -0.2) is 9.37 Å². The molecule has 3 aromatic carbocycles. The second-order valence-corrected chi connectivity index (χ2v) is 7.74. The molecule has 0 aliphatic heterocycles. The lowest BCUT2D eigenvalue weighted by atomic mass is 10.1. The number of nitrogens with zero attached hydrogens (tertiary/aromatic N) is 2. The highest BCUT2D eigenvalue weighted by molar-refractivity contribution is 6.33. The smallest absolute Gasteiger partial charge is 0.143 e. The molecule has 5 rings (SSSR count). The van der Waals surface area contributed by atoms with Crippen molar-refractivity contribution in [3.05, 3.63) is 108 Å². The van der Waals surface area contributed by atoms with Crippen LogP contribution in [-0.4, -0.2) is 9.38 Å². The predicted octanol–water partition coefficient (Wildman–Crippen LogP) is 7.64. The van der Waals surface area contributed by atoms with Gasteiger partial charge in [0.25, 0.3) is 0 Å². The van der Waals surface area contributed by atoms with Gasteiger partial charge in [0.1, 0.15) is 34.5 Å². The fraction of sp³-hybridized carbons (Fsp3) is 0.0385. The summed E-state index contributed by atoms with van der Waals surface area (Å²) < 4.78 is 22.6. The number of pyridine rings is 1. The molecule has 0 aliphatic rings. The van der Waals surface area contributed by atoms with Crippen LogP contribution in [0.4, 0.5) is 15.9 Å². The van der Waals surface area contributed by atoms with Crippen LogP contribution in [0.5, 0.6) is 11.5 Å². The zero-order valence-corrected chi connectivity index (χ0v) is 18.0. The molecule has 0 spiro atoms. The molecule has 0 unspecified atom stereocenters. The summed E-state index contributed by atoms with van der Waals surface area (Å²) in [5, 5.41) is 3.71. The largest absolute Gasteiger partial charge is 0.457 e. The topological polar surface area (TPSA) is 38.6 Å². The van der Waals surface area contributed by atoms with Gasteiger partial charge in [-0.2, -0.15) is 0 Å². The van der Waals surface area contributed by atoms with Gasteiger partial charge in [0.05, 0.1) is 10.6 Å². The van der Waals surface area contributed by atoms with Crippen molar-refractivity contribution in [1.29, 1.82) is 0 Å². The summed E-state index contributed by atoms with van der Waals surface area (Å²) in [5.41, 5.74) is 3.19. The molecule has 158 valence electrons. The van der Waals surface area contributed by atoms with Gasteiger partial charge in [-0.3, -0.25) is 4.40 Å². The van der Waals surface area contributed by atoms with Gasteiger partial charge in [0.2, 0.25) is 0 Å². The zero-order valence-electron chi connectivity index (χ0n) is 17.2. The van der Waals surface area contributed by atoms with Crippen molar-refractivity contribution >= 4 is 28.8 Å². The summed E-state index contributed by atoms with van der Waals surface area (Å²) in [4.78, 5) is 4.69. The van der Waals surface area contributed by atoms with Crippen molar-refractivity contribution < 1.29 is 9.13 Å². The van der Waals surface area contributed by atoms with E-state index in [0.717, 1.165) is 17.1 Å². The Balaban J connectivity index is 1.55. The first-order valence-electron chi connectivity index (χ1n) is 10.1. The molecule has 4 nitrogen and oxygen atoms in total. The minimum atomic E-state index is -0.423. The Morgan fingerprint density at radius 1 is 0.844 bits per heavy atom. The number of ether oxygens (including phenoxy) is 1. The highest BCUT2D eigenvalue weighted by Gasteiger charge is 2.21. The number of benzene rings is 3. The number of aromatic nitrogens is 2. The van der Waals surface area contributed by atoms with Gasteiger partial charge in [-0.15, -0.1) is 0 Å². The van der Waals surface area contributed by atoms with E-state index < -0.39 is 5.82 Å². The summed E-state index contributed by atoms with van der Waals surface area (Å²) in [7, 11) is 0. The van der Waals surface area contributed by atoms with Gasteiger partial charge in [0.15, 0.2) is 0 Å². The number of nitrogens with one attached hydrogen (secondary N) is 1. The van der Waals surface area contributed by atoms with Crippen molar-refractivity contribution in [2.75, 3.05) is 5.32 Å². The Kier molecular flexibility index (Phi) is 5.25. The average Bonchev–Trinajstić information content (AvgIpc) is 3.15. The van der Waals surface area contributed by atoms with Crippen LogP contribution >= 0.6 is 11.6 Å². The number of hydrogen-bond acceptors (Lipinski definition) is 3. The highest BCUT2D eigenvalue weighted by atomic mass is 35.5. The van der Waals surface area contributed by atoms with Crippen molar-refractivity contribution in [3.8, 4) is 22.8 Å². The number of hydrogen-bond donors (Lipinski definition) is 1. The molecule has 0 saturated carbocycles. The molecule has 0 aliphatic carbocycles. The molecule has 0 bridgehead atoms. The first-order valence-corrected chi connectivity index (χ1v) is 10.5. The number of fused-ring (bicyclic) bond motifs is 1. The lowest BCUT2D eigenvalue weighted by Crippen LogP contribution is -2.00. The van der Waals surface area contributed by atoms with E-state index in [0.29, 0.717) is 27.9 Å². The third-order valence-electron chi connectivity index (χ3n) is 5.13. The normalized spacial score (nSPS) is 11.0. The van der Waals surface area contributed by atoms with E-state index in [4.69, 9.17) is 16.3 Å². The Morgan fingerprint density at radius 3 is 2.31 bits per heavy atom. The van der Waals surface area contributed by atoms with Crippen molar-refractivity contribution in [2.45, 2.75) is 6.92 Å². The molecule has 0 fully saturated rings. The van der Waals surface area contributed by atoms with Gasteiger partial charge >= 0.3 is 0 Å². The SMILES string of the molecule is Cc1cccc2nc(-c3c(F)cccc3Cl)c(Nc3ccc(Oc4ccccc4)cc3)n12. The van der Waals surface area contributed by atoms with Crippen LogP contribution < -0.4 is 10.1 Å². The van der Waals surface area contributed by atoms with Crippen molar-refractivity contribution in [3.63, 3.8) is 0 Å². The van der Waals surface area contributed by atoms with E-state index in [1.165, 1.54) is 6.07 Å². The number of rotatable bonds is 5. The van der Waals surface area contributed by atoms with Crippen LogP contribution in [-0.2, 0) is 0 Å². The summed E-state index contributed by atoms with van der Waals surface area (Å²) in [6.45, 7) is 1.98. The fourth-order valence-corrected chi connectivity index (χ4v) is 3.89. The minimum absolute atomic E-state index is 0.267. The van der Waals surface area contributed by atoms with E-state index in [-0.39, 0.29) is 5.56 Å². The summed E-state index contributed by atoms with van der Waals surface area (Å²) >= 11 is 6.37. The Labute approximate surface area is 189 Å². The second kappa shape index (κ2) is 8.36. The van der Waals surface area contributed by atoms with Crippen LogP contribution in [0, 0.1) is 12.7 Å². The molecule has 1 N–H and O–H groups in total. The molecule has 6 heteroatoms. The summed E-state index contributed by atoms with van der Waals surface area (Å²) in [5.74, 6) is 1.70. The average molecular weight is 444 g/mol. The van der Waals surface area contributed by atoms with Crippen molar-refractivity contribution in [1.82, 2.24) is 9.38 Å². The maximum atomic E-state index is 14.8. The lowest BCUT2D eigenvalue weighted by Gasteiger charge is -2.12. The second-order valence-electron chi connectivity index (χ2n) is 7.33. The number of para-hydroxylation sites is 1. The van der Waals surface area contributed by atoms with Crippen LogP contribution in [0.1, 0.15) is 5.69 Å². The van der Waals surface area contributed by atoms with Gasteiger partial charge in [0, 0.05) is 11.4 Å². The van der Waals surface area contributed by atoms with E-state index in [2.05, 4.69) is 10.3 Å². The molecule has 0 radical (unpaired) electrons. The Hall–Kier alpha value is -3.83. The van der Waals surface area contributed by atoms with E-state index in [1.807, 2.05) is 84.1 Å². The van der Waals surface area contributed by atoms with Crippen LogP contribution in [0.15, 0.2) is 91.0 Å². The molecule has 0 amide bonds. The molecule has 2 heterocycles. The quantitative estimate of drug-likeness (QED) is 0.303. The molecule has 5 aromatic rings. The fourth-order valence-electron chi connectivity index (χ4n) is 3.64. The third kappa shape index (κ3) is 3.79. The molecule has 32 heavy (non-hydrogen) atoms. The van der Waals surface area contributed by atoms with Gasteiger partial charge in [-0.1, -0.05) is 41.9 Å². The highest BCUT2D eigenvalue weighted by Crippen LogP contribution is 2.37. The number of aryl methyl sites for hydroxylation is 1. The molecule has 0 saturated heterocycles. The van der Waals surface area contributed by atoms with Crippen LogP contribution in [0.25, 0.3) is 16.9 Å². The zero-order chi connectivity index (χ0) is 22.1. The summed E-state index contributed by atoms with van der Waals surface area (Å²) in [6, 6.07) is 27.6. The maximum Gasteiger partial charge on any atom is 0.143 e. The maximum absolute atomic E-state index is 14.8. The first-order chi connectivity index (χ1) is 15.6. The van der Waals surface area contributed by atoms with E-state index in [1.54, 1.807) is 12.1 Å². The lowest BCUT2D eigenvalue weighted by molar-refractivity contribution is 0.483. The predicted molar refractivity (Wildman–Crippen MR) is 127 cm³/mol. The minimum Gasteiger partial charge on any atom is -0.457 e. The number of halogens is 2. The first kappa shape index (κ1) is 20.1. The monoisotopic (exact) mass is 443 g/mol.